The number of hydrogen-bond acceptors (Lipinski definition) is 3. The SMILES string of the molecule is CN=C(NCc1ccc(C)cc1OCC1CC1)NCc1nccn1Cc1ccccc1.I. The molecule has 1 aromatic heterocycles. The molecule has 6 nitrogen and oxygen atoms in total. The van der Waals surface area contributed by atoms with Gasteiger partial charge in [-0.2, -0.15) is 0 Å². The van der Waals surface area contributed by atoms with E-state index in [-0.39, 0.29) is 24.0 Å². The van der Waals surface area contributed by atoms with Crippen LogP contribution in [0.15, 0.2) is 65.9 Å². The summed E-state index contributed by atoms with van der Waals surface area (Å²) < 4.78 is 8.24. The number of rotatable bonds is 9. The van der Waals surface area contributed by atoms with Crippen LogP contribution in [0.4, 0.5) is 0 Å². The summed E-state index contributed by atoms with van der Waals surface area (Å²) in [6.45, 7) is 4.96. The van der Waals surface area contributed by atoms with Gasteiger partial charge in [-0.15, -0.1) is 24.0 Å². The second-order valence-electron chi connectivity index (χ2n) is 8.10. The summed E-state index contributed by atoms with van der Waals surface area (Å²) in [5.74, 6) is 3.40. The number of aryl methyl sites for hydroxylation is 1. The number of nitrogens with zero attached hydrogens (tertiary/aromatic N) is 3. The van der Waals surface area contributed by atoms with Crippen molar-refractivity contribution in [3.63, 3.8) is 0 Å². The van der Waals surface area contributed by atoms with Crippen LogP contribution in [-0.4, -0.2) is 29.2 Å². The molecule has 1 aliphatic carbocycles. The highest BCUT2D eigenvalue weighted by molar-refractivity contribution is 14.0. The molecule has 0 unspecified atom stereocenters. The summed E-state index contributed by atoms with van der Waals surface area (Å²) in [6.07, 6.45) is 6.42. The van der Waals surface area contributed by atoms with E-state index in [2.05, 4.69) is 74.6 Å². The molecule has 0 bridgehead atoms. The number of benzene rings is 2. The van der Waals surface area contributed by atoms with Gasteiger partial charge in [-0.3, -0.25) is 4.99 Å². The number of imidazole rings is 1. The third-order valence-electron chi connectivity index (χ3n) is 5.48. The highest BCUT2D eigenvalue weighted by Crippen LogP contribution is 2.30. The summed E-state index contributed by atoms with van der Waals surface area (Å²) >= 11 is 0. The Morgan fingerprint density at radius 1 is 1.12 bits per heavy atom. The first-order valence-corrected chi connectivity index (χ1v) is 10.9. The summed E-state index contributed by atoms with van der Waals surface area (Å²) in [5.41, 5.74) is 3.60. The first-order valence-electron chi connectivity index (χ1n) is 10.9. The highest BCUT2D eigenvalue weighted by Gasteiger charge is 2.22. The molecule has 2 N–H and O–H groups in total. The lowest BCUT2D eigenvalue weighted by molar-refractivity contribution is 0.296. The maximum Gasteiger partial charge on any atom is 0.191 e. The van der Waals surface area contributed by atoms with Crippen molar-refractivity contribution in [1.82, 2.24) is 20.2 Å². The minimum Gasteiger partial charge on any atom is -0.493 e. The Morgan fingerprint density at radius 3 is 2.66 bits per heavy atom. The number of halogens is 1. The van der Waals surface area contributed by atoms with Crippen LogP contribution in [-0.2, 0) is 19.6 Å². The van der Waals surface area contributed by atoms with E-state index < -0.39 is 0 Å². The van der Waals surface area contributed by atoms with Gasteiger partial charge < -0.3 is 19.9 Å². The van der Waals surface area contributed by atoms with Gasteiger partial charge in [-0.1, -0.05) is 42.5 Å². The number of nitrogens with one attached hydrogen (secondary N) is 2. The van der Waals surface area contributed by atoms with Crippen LogP contribution in [0.25, 0.3) is 0 Å². The predicted octanol–water partition coefficient (Wildman–Crippen LogP) is 4.51. The normalized spacial score (nSPS) is 13.4. The molecule has 1 fully saturated rings. The molecule has 1 aliphatic rings. The Bertz CT molecular complexity index is 1010. The van der Waals surface area contributed by atoms with Gasteiger partial charge >= 0.3 is 0 Å². The lowest BCUT2D eigenvalue weighted by Crippen LogP contribution is -2.37. The van der Waals surface area contributed by atoms with E-state index in [1.54, 1.807) is 7.05 Å². The fraction of sp³-hybridized carbons (Fsp3) is 0.360. The van der Waals surface area contributed by atoms with Gasteiger partial charge in [-0.05, 0) is 42.9 Å². The molecule has 170 valence electrons. The fourth-order valence-electron chi connectivity index (χ4n) is 3.43. The average Bonchev–Trinajstić information content (AvgIpc) is 3.52. The molecule has 3 aromatic rings. The van der Waals surface area contributed by atoms with E-state index in [9.17, 15) is 0 Å². The molecule has 1 saturated carbocycles. The Morgan fingerprint density at radius 2 is 1.91 bits per heavy atom. The first-order chi connectivity index (χ1) is 15.2. The molecule has 32 heavy (non-hydrogen) atoms. The zero-order chi connectivity index (χ0) is 21.5. The minimum absolute atomic E-state index is 0. The predicted molar refractivity (Wildman–Crippen MR) is 140 cm³/mol. The van der Waals surface area contributed by atoms with Gasteiger partial charge in [0.25, 0.3) is 0 Å². The molecule has 2 aromatic carbocycles. The van der Waals surface area contributed by atoms with E-state index in [0.717, 1.165) is 42.2 Å². The van der Waals surface area contributed by atoms with E-state index >= 15 is 0 Å². The Labute approximate surface area is 207 Å². The fourth-order valence-corrected chi connectivity index (χ4v) is 3.43. The standard InChI is InChI=1S/C25H31N5O.HI/c1-19-8-11-22(23(14-19)31-18-21-9-10-21)15-28-25(26-2)29-16-24-27-12-13-30(24)17-20-6-4-3-5-7-20;/h3-8,11-14,21H,9-10,15-18H2,1-2H3,(H2,26,28,29);1H. The van der Waals surface area contributed by atoms with Gasteiger partial charge in [0.2, 0.25) is 0 Å². The Hall–Kier alpha value is -2.55. The quantitative estimate of drug-likeness (QED) is 0.236. The summed E-state index contributed by atoms with van der Waals surface area (Å²) in [6, 6.07) is 16.8. The van der Waals surface area contributed by atoms with E-state index in [1.807, 2.05) is 18.5 Å². The molecular formula is C25H32IN5O. The Kier molecular flexibility index (Phi) is 8.96. The zero-order valence-electron chi connectivity index (χ0n) is 18.8. The van der Waals surface area contributed by atoms with Crippen molar-refractivity contribution < 1.29 is 4.74 Å². The molecule has 0 saturated heterocycles. The molecule has 0 atom stereocenters. The van der Waals surface area contributed by atoms with Crippen LogP contribution in [0.3, 0.4) is 0 Å². The largest absolute Gasteiger partial charge is 0.493 e. The molecule has 0 radical (unpaired) electrons. The lowest BCUT2D eigenvalue weighted by atomic mass is 10.1. The number of ether oxygens (including phenoxy) is 1. The molecule has 0 spiro atoms. The van der Waals surface area contributed by atoms with Crippen LogP contribution in [0, 0.1) is 12.8 Å². The highest BCUT2D eigenvalue weighted by atomic mass is 127. The smallest absolute Gasteiger partial charge is 0.191 e. The van der Waals surface area contributed by atoms with Crippen LogP contribution in [0.5, 0.6) is 5.75 Å². The number of aliphatic imine (C=N–C) groups is 1. The number of hydrogen-bond donors (Lipinski definition) is 2. The van der Waals surface area contributed by atoms with E-state index in [0.29, 0.717) is 13.1 Å². The van der Waals surface area contributed by atoms with Crippen molar-refractivity contribution in [3.8, 4) is 5.75 Å². The third-order valence-corrected chi connectivity index (χ3v) is 5.48. The van der Waals surface area contributed by atoms with Crippen LogP contribution < -0.4 is 15.4 Å². The van der Waals surface area contributed by atoms with E-state index in [4.69, 9.17) is 4.74 Å². The van der Waals surface area contributed by atoms with Gasteiger partial charge in [0, 0.05) is 38.1 Å². The van der Waals surface area contributed by atoms with Crippen molar-refractivity contribution in [1.29, 1.82) is 0 Å². The van der Waals surface area contributed by atoms with Crippen molar-refractivity contribution in [2.45, 2.75) is 39.4 Å². The van der Waals surface area contributed by atoms with Crippen LogP contribution >= 0.6 is 24.0 Å². The maximum absolute atomic E-state index is 6.09. The topological polar surface area (TPSA) is 63.5 Å². The molecule has 7 heteroatoms. The van der Waals surface area contributed by atoms with Crippen molar-refractivity contribution in [2.75, 3.05) is 13.7 Å². The molecule has 0 aliphatic heterocycles. The van der Waals surface area contributed by atoms with Crippen LogP contribution in [0.2, 0.25) is 0 Å². The van der Waals surface area contributed by atoms with Gasteiger partial charge in [0.15, 0.2) is 5.96 Å². The summed E-state index contributed by atoms with van der Waals surface area (Å²) in [5, 5.41) is 6.78. The maximum atomic E-state index is 6.09. The summed E-state index contributed by atoms with van der Waals surface area (Å²) in [4.78, 5) is 8.87. The van der Waals surface area contributed by atoms with Gasteiger partial charge in [0.05, 0.1) is 13.2 Å². The van der Waals surface area contributed by atoms with E-state index in [1.165, 1.54) is 24.0 Å². The van der Waals surface area contributed by atoms with Crippen molar-refractivity contribution >= 4 is 29.9 Å². The van der Waals surface area contributed by atoms with Gasteiger partial charge in [-0.25, -0.2) is 4.98 Å². The first kappa shape index (κ1) is 24.1. The molecule has 4 rings (SSSR count). The summed E-state index contributed by atoms with van der Waals surface area (Å²) in [7, 11) is 1.78. The number of guanidine groups is 1. The monoisotopic (exact) mass is 545 g/mol. The second kappa shape index (κ2) is 11.9. The minimum atomic E-state index is 0. The lowest BCUT2D eigenvalue weighted by Gasteiger charge is -2.16. The molecule has 0 amide bonds. The second-order valence-corrected chi connectivity index (χ2v) is 8.10. The Balaban J connectivity index is 0.00000289. The zero-order valence-corrected chi connectivity index (χ0v) is 21.1. The van der Waals surface area contributed by atoms with Crippen LogP contribution in [0.1, 0.15) is 35.4 Å². The third kappa shape index (κ3) is 6.98. The van der Waals surface area contributed by atoms with Crippen molar-refractivity contribution in [3.05, 3.63) is 83.4 Å². The molecule has 1 heterocycles. The average molecular weight is 545 g/mol. The number of aromatic nitrogens is 2. The van der Waals surface area contributed by atoms with Crippen molar-refractivity contribution in [2.24, 2.45) is 10.9 Å². The molecular weight excluding hydrogens is 513 g/mol. The van der Waals surface area contributed by atoms with Gasteiger partial charge in [0.1, 0.15) is 11.6 Å².